The first kappa shape index (κ1) is 10.0. The second-order valence-electron chi connectivity index (χ2n) is 4.48. The highest BCUT2D eigenvalue weighted by molar-refractivity contribution is 6.69. The van der Waals surface area contributed by atoms with Crippen LogP contribution in [0.25, 0.3) is 0 Å². The number of rotatable bonds is 2. The Kier molecular flexibility index (Phi) is 3.53. The van der Waals surface area contributed by atoms with Crippen LogP contribution in [0.15, 0.2) is 12.2 Å². The Hall–Kier alpha value is -0.0831. The first-order valence-electron chi connectivity index (χ1n) is 4.91. The lowest BCUT2D eigenvalue weighted by Gasteiger charge is -2.25. The molecule has 1 rings (SSSR count). The zero-order valence-electron chi connectivity index (χ0n) is 8.47. The summed E-state index contributed by atoms with van der Waals surface area (Å²) in [4.78, 5) is 0. The van der Waals surface area contributed by atoms with Crippen LogP contribution < -0.4 is 0 Å². The summed E-state index contributed by atoms with van der Waals surface area (Å²) in [5.41, 5.74) is 0. The third kappa shape index (κ3) is 4.07. The maximum atomic E-state index is 6.06. The van der Waals surface area contributed by atoms with Crippen molar-refractivity contribution in [1.82, 2.24) is 0 Å². The van der Waals surface area contributed by atoms with Crippen LogP contribution >= 0.6 is 0 Å². The molecule has 2 heteroatoms. The molecule has 1 nitrogen and oxygen atoms in total. The fourth-order valence-electron chi connectivity index (χ4n) is 1.56. The lowest BCUT2D eigenvalue weighted by molar-refractivity contribution is 0.178. The topological polar surface area (TPSA) is 9.23 Å². The summed E-state index contributed by atoms with van der Waals surface area (Å²) >= 11 is 0. The van der Waals surface area contributed by atoms with Crippen LogP contribution in [-0.4, -0.2) is 14.4 Å². The van der Waals surface area contributed by atoms with E-state index in [9.17, 15) is 0 Å². The molecule has 0 spiro atoms. The third-order valence-corrected chi connectivity index (χ3v) is 3.04. The van der Waals surface area contributed by atoms with E-state index in [1.165, 1.54) is 25.7 Å². The van der Waals surface area contributed by atoms with Crippen LogP contribution in [0.5, 0.6) is 0 Å². The summed E-state index contributed by atoms with van der Waals surface area (Å²) in [6.07, 6.45) is 9.96. The van der Waals surface area contributed by atoms with Gasteiger partial charge in [0.05, 0.1) is 0 Å². The SMILES string of the molecule is C[Si](C)(C)OC1CCC=CCC1. The van der Waals surface area contributed by atoms with Gasteiger partial charge in [0.1, 0.15) is 0 Å². The molecule has 1 aliphatic rings. The standard InChI is InChI=1S/C10H20OSi/c1-12(2,3)11-10-8-6-4-5-7-9-10/h4-5,10H,6-9H2,1-3H3. The summed E-state index contributed by atoms with van der Waals surface area (Å²) in [5.74, 6) is 0. The van der Waals surface area contributed by atoms with E-state index in [0.29, 0.717) is 6.10 Å². The van der Waals surface area contributed by atoms with E-state index in [1.807, 2.05) is 0 Å². The maximum Gasteiger partial charge on any atom is 0.184 e. The average Bonchev–Trinajstić information content (AvgIpc) is 2.12. The molecule has 0 saturated heterocycles. The van der Waals surface area contributed by atoms with Gasteiger partial charge in [-0.05, 0) is 45.3 Å². The van der Waals surface area contributed by atoms with Crippen molar-refractivity contribution < 1.29 is 4.43 Å². The average molecular weight is 184 g/mol. The van der Waals surface area contributed by atoms with Crippen molar-refractivity contribution in [3.63, 3.8) is 0 Å². The third-order valence-electron chi connectivity index (χ3n) is 2.00. The van der Waals surface area contributed by atoms with E-state index in [2.05, 4.69) is 31.8 Å². The van der Waals surface area contributed by atoms with Crippen molar-refractivity contribution in [2.24, 2.45) is 0 Å². The summed E-state index contributed by atoms with van der Waals surface area (Å²) < 4.78 is 6.06. The molecular formula is C10H20OSi. The van der Waals surface area contributed by atoms with Gasteiger partial charge in [-0.1, -0.05) is 12.2 Å². The number of allylic oxidation sites excluding steroid dienone is 2. The molecular weight excluding hydrogens is 164 g/mol. The van der Waals surface area contributed by atoms with Crippen molar-refractivity contribution in [2.45, 2.75) is 51.4 Å². The molecule has 0 unspecified atom stereocenters. The minimum absolute atomic E-state index is 0.534. The predicted octanol–water partition coefficient (Wildman–Crippen LogP) is 3.34. The highest BCUT2D eigenvalue weighted by Crippen LogP contribution is 2.19. The molecule has 1 aliphatic carbocycles. The van der Waals surface area contributed by atoms with Gasteiger partial charge >= 0.3 is 0 Å². The number of hydrogen-bond donors (Lipinski definition) is 0. The van der Waals surface area contributed by atoms with Gasteiger partial charge < -0.3 is 4.43 Å². The van der Waals surface area contributed by atoms with Crippen LogP contribution in [0.2, 0.25) is 19.6 Å². The van der Waals surface area contributed by atoms with Gasteiger partial charge in [-0.3, -0.25) is 0 Å². The van der Waals surface area contributed by atoms with Gasteiger partial charge in [0.25, 0.3) is 0 Å². The maximum absolute atomic E-state index is 6.06. The van der Waals surface area contributed by atoms with Crippen molar-refractivity contribution in [1.29, 1.82) is 0 Å². The van der Waals surface area contributed by atoms with Gasteiger partial charge in [-0.15, -0.1) is 0 Å². The quantitative estimate of drug-likeness (QED) is 0.472. The van der Waals surface area contributed by atoms with Crippen molar-refractivity contribution in [3.8, 4) is 0 Å². The molecule has 70 valence electrons. The Balaban J connectivity index is 2.33. The van der Waals surface area contributed by atoms with E-state index >= 15 is 0 Å². The van der Waals surface area contributed by atoms with E-state index in [-0.39, 0.29) is 0 Å². The highest BCUT2D eigenvalue weighted by Gasteiger charge is 2.20. The molecule has 0 aliphatic heterocycles. The largest absolute Gasteiger partial charge is 0.415 e. The van der Waals surface area contributed by atoms with Gasteiger partial charge in [0.15, 0.2) is 8.32 Å². The predicted molar refractivity (Wildman–Crippen MR) is 55.8 cm³/mol. The van der Waals surface area contributed by atoms with Crippen molar-refractivity contribution in [3.05, 3.63) is 12.2 Å². The number of hydrogen-bond acceptors (Lipinski definition) is 1. The smallest absolute Gasteiger partial charge is 0.184 e. The zero-order chi connectivity index (χ0) is 9.03. The molecule has 0 amide bonds. The summed E-state index contributed by atoms with van der Waals surface area (Å²) in [6, 6.07) is 0. The Labute approximate surface area is 76.9 Å². The lowest BCUT2D eigenvalue weighted by Crippen LogP contribution is -2.31. The van der Waals surface area contributed by atoms with E-state index in [0.717, 1.165) is 0 Å². The fourth-order valence-corrected chi connectivity index (χ4v) is 2.80. The molecule has 0 aromatic rings. The molecule has 0 heterocycles. The summed E-state index contributed by atoms with van der Waals surface area (Å²) in [6.45, 7) is 6.81. The molecule has 0 aromatic heterocycles. The van der Waals surface area contributed by atoms with Gasteiger partial charge in [0.2, 0.25) is 0 Å². The summed E-state index contributed by atoms with van der Waals surface area (Å²) in [5, 5.41) is 0. The van der Waals surface area contributed by atoms with Crippen LogP contribution in [0.3, 0.4) is 0 Å². The summed E-state index contributed by atoms with van der Waals surface area (Å²) in [7, 11) is -1.29. The Morgan fingerprint density at radius 2 is 1.58 bits per heavy atom. The van der Waals surface area contributed by atoms with Crippen LogP contribution in [0.4, 0.5) is 0 Å². The zero-order valence-corrected chi connectivity index (χ0v) is 9.47. The molecule has 0 saturated carbocycles. The normalized spacial score (nSPS) is 20.9. The Bertz CT molecular complexity index is 148. The minimum Gasteiger partial charge on any atom is -0.415 e. The van der Waals surface area contributed by atoms with Crippen LogP contribution in [0.1, 0.15) is 25.7 Å². The van der Waals surface area contributed by atoms with E-state index < -0.39 is 8.32 Å². The van der Waals surface area contributed by atoms with Crippen LogP contribution in [0, 0.1) is 0 Å². The molecule has 0 N–H and O–H groups in total. The lowest BCUT2D eigenvalue weighted by atomic mass is 10.1. The van der Waals surface area contributed by atoms with Gasteiger partial charge in [-0.25, -0.2) is 0 Å². The monoisotopic (exact) mass is 184 g/mol. The van der Waals surface area contributed by atoms with Gasteiger partial charge in [-0.2, -0.15) is 0 Å². The second-order valence-corrected chi connectivity index (χ2v) is 8.94. The van der Waals surface area contributed by atoms with E-state index in [4.69, 9.17) is 4.43 Å². The molecule has 0 bridgehead atoms. The second kappa shape index (κ2) is 4.24. The fraction of sp³-hybridized carbons (Fsp3) is 0.800. The first-order chi connectivity index (χ1) is 5.58. The molecule has 0 atom stereocenters. The molecule has 0 aromatic carbocycles. The minimum atomic E-state index is -1.29. The molecule has 12 heavy (non-hydrogen) atoms. The molecule has 0 fully saturated rings. The Morgan fingerprint density at radius 3 is 2.00 bits per heavy atom. The molecule has 0 radical (unpaired) electrons. The first-order valence-corrected chi connectivity index (χ1v) is 8.31. The van der Waals surface area contributed by atoms with E-state index in [1.54, 1.807) is 0 Å². The highest BCUT2D eigenvalue weighted by atomic mass is 28.4. The van der Waals surface area contributed by atoms with Crippen molar-refractivity contribution >= 4 is 8.32 Å². The van der Waals surface area contributed by atoms with Crippen molar-refractivity contribution in [2.75, 3.05) is 0 Å². The Morgan fingerprint density at radius 1 is 1.08 bits per heavy atom. The van der Waals surface area contributed by atoms with Gasteiger partial charge in [0, 0.05) is 6.10 Å². The van der Waals surface area contributed by atoms with Crippen LogP contribution in [-0.2, 0) is 4.43 Å².